The molecule has 0 radical (unpaired) electrons. The predicted octanol–water partition coefficient (Wildman–Crippen LogP) is 2.36. The van der Waals surface area contributed by atoms with Gasteiger partial charge in [0.25, 0.3) is 0 Å². The molecule has 4 nitrogen and oxygen atoms in total. The summed E-state index contributed by atoms with van der Waals surface area (Å²) < 4.78 is 10.1. The molecule has 100 valence electrons. The first-order chi connectivity index (χ1) is 7.90. The Morgan fingerprint density at radius 3 is 2.00 bits per heavy atom. The van der Waals surface area contributed by atoms with Gasteiger partial charge in [0, 0.05) is 0 Å². The van der Waals surface area contributed by atoms with Crippen LogP contribution in [0.2, 0.25) is 0 Å². The SMILES string of the molecule is CCC(C)OC(=O)CC(S)C(=O)OC(C)CC. The zero-order chi connectivity index (χ0) is 13.4. The topological polar surface area (TPSA) is 52.6 Å². The van der Waals surface area contributed by atoms with Gasteiger partial charge >= 0.3 is 11.9 Å². The lowest BCUT2D eigenvalue weighted by Gasteiger charge is -2.16. The average molecular weight is 262 g/mol. The first-order valence-electron chi connectivity index (χ1n) is 5.98. The van der Waals surface area contributed by atoms with Crippen LogP contribution in [0.5, 0.6) is 0 Å². The van der Waals surface area contributed by atoms with Gasteiger partial charge < -0.3 is 9.47 Å². The molecule has 0 aliphatic carbocycles. The summed E-state index contributed by atoms with van der Waals surface area (Å²) in [5, 5.41) is -0.749. The largest absolute Gasteiger partial charge is 0.463 e. The molecule has 3 atom stereocenters. The first kappa shape index (κ1) is 16.3. The monoisotopic (exact) mass is 262 g/mol. The first-order valence-corrected chi connectivity index (χ1v) is 6.50. The zero-order valence-electron chi connectivity index (χ0n) is 10.9. The predicted molar refractivity (Wildman–Crippen MR) is 69.1 cm³/mol. The molecule has 0 amide bonds. The molecule has 0 aromatic carbocycles. The van der Waals surface area contributed by atoms with Gasteiger partial charge in [0.05, 0.1) is 18.6 Å². The zero-order valence-corrected chi connectivity index (χ0v) is 11.8. The molecule has 0 fully saturated rings. The summed E-state index contributed by atoms with van der Waals surface area (Å²) >= 11 is 4.05. The molecule has 0 aromatic heterocycles. The highest BCUT2D eigenvalue weighted by Crippen LogP contribution is 2.10. The van der Waals surface area contributed by atoms with Crippen molar-refractivity contribution in [3.63, 3.8) is 0 Å². The second kappa shape index (κ2) is 8.39. The van der Waals surface area contributed by atoms with Crippen molar-refractivity contribution in [1.29, 1.82) is 0 Å². The Morgan fingerprint density at radius 1 is 1.06 bits per heavy atom. The van der Waals surface area contributed by atoms with E-state index in [1.54, 1.807) is 6.92 Å². The number of hydrogen-bond donors (Lipinski definition) is 1. The highest BCUT2D eigenvalue weighted by atomic mass is 32.1. The van der Waals surface area contributed by atoms with Crippen molar-refractivity contribution in [3.8, 4) is 0 Å². The normalized spacial score (nSPS) is 15.8. The lowest BCUT2D eigenvalue weighted by Crippen LogP contribution is -2.26. The summed E-state index contributed by atoms with van der Waals surface area (Å²) in [5.74, 6) is -0.885. The van der Waals surface area contributed by atoms with Gasteiger partial charge in [-0.05, 0) is 26.7 Å². The van der Waals surface area contributed by atoms with Crippen molar-refractivity contribution in [2.24, 2.45) is 0 Å². The highest BCUT2D eigenvalue weighted by Gasteiger charge is 2.22. The van der Waals surface area contributed by atoms with E-state index in [-0.39, 0.29) is 18.6 Å². The van der Waals surface area contributed by atoms with E-state index in [4.69, 9.17) is 9.47 Å². The fourth-order valence-corrected chi connectivity index (χ4v) is 1.17. The molecule has 0 bridgehead atoms. The van der Waals surface area contributed by atoms with Gasteiger partial charge in [-0.15, -0.1) is 0 Å². The van der Waals surface area contributed by atoms with Crippen LogP contribution in [0.4, 0.5) is 0 Å². The van der Waals surface area contributed by atoms with Gasteiger partial charge in [0.2, 0.25) is 0 Å². The highest BCUT2D eigenvalue weighted by molar-refractivity contribution is 7.81. The van der Waals surface area contributed by atoms with Crippen molar-refractivity contribution < 1.29 is 19.1 Å². The third-order valence-electron chi connectivity index (χ3n) is 2.43. The van der Waals surface area contributed by atoms with Crippen LogP contribution < -0.4 is 0 Å². The molecule has 3 unspecified atom stereocenters. The van der Waals surface area contributed by atoms with Crippen LogP contribution in [0, 0.1) is 0 Å². The molecule has 0 heterocycles. The van der Waals surface area contributed by atoms with Crippen LogP contribution in [0.1, 0.15) is 47.0 Å². The summed E-state index contributed by atoms with van der Waals surface area (Å²) in [6, 6.07) is 0. The molecule has 0 aliphatic heterocycles. The van der Waals surface area contributed by atoms with Crippen molar-refractivity contribution in [2.75, 3.05) is 0 Å². The molecular weight excluding hydrogens is 240 g/mol. The summed E-state index contributed by atoms with van der Waals surface area (Å²) in [6.45, 7) is 7.45. The molecule has 0 saturated heterocycles. The van der Waals surface area contributed by atoms with Crippen molar-refractivity contribution in [3.05, 3.63) is 0 Å². The molecule has 0 saturated carbocycles. The standard InChI is InChI=1S/C12H22O4S/c1-5-8(3)15-11(13)7-10(17)12(14)16-9(4)6-2/h8-10,17H,5-7H2,1-4H3. The average Bonchev–Trinajstić information content (AvgIpc) is 2.28. The van der Waals surface area contributed by atoms with E-state index in [0.717, 1.165) is 12.8 Å². The lowest BCUT2D eigenvalue weighted by atomic mass is 10.2. The van der Waals surface area contributed by atoms with Crippen molar-refractivity contribution in [2.45, 2.75) is 64.4 Å². The second-order valence-electron chi connectivity index (χ2n) is 4.08. The summed E-state index contributed by atoms with van der Waals surface area (Å²) in [6.07, 6.45) is 1.16. The van der Waals surface area contributed by atoms with Gasteiger partial charge in [0.15, 0.2) is 0 Å². The molecule has 0 aliphatic rings. The van der Waals surface area contributed by atoms with Gasteiger partial charge in [-0.1, -0.05) is 13.8 Å². The van der Waals surface area contributed by atoms with E-state index in [2.05, 4.69) is 12.6 Å². The Hall–Kier alpha value is -0.710. The summed E-state index contributed by atoms with van der Waals surface area (Å²) in [4.78, 5) is 22.9. The maximum atomic E-state index is 11.5. The van der Waals surface area contributed by atoms with Crippen molar-refractivity contribution >= 4 is 24.6 Å². The van der Waals surface area contributed by atoms with Crippen LogP contribution >= 0.6 is 12.6 Å². The fourth-order valence-electron chi connectivity index (χ4n) is 0.957. The number of esters is 2. The molecule has 0 rings (SSSR count). The van der Waals surface area contributed by atoms with Crippen molar-refractivity contribution in [1.82, 2.24) is 0 Å². The van der Waals surface area contributed by atoms with E-state index in [9.17, 15) is 9.59 Å². The molecule has 0 spiro atoms. The molecule has 0 N–H and O–H groups in total. The van der Waals surface area contributed by atoms with Crippen LogP contribution in [-0.4, -0.2) is 29.4 Å². The Bertz CT molecular complexity index is 255. The fraction of sp³-hybridized carbons (Fsp3) is 0.833. The minimum Gasteiger partial charge on any atom is -0.463 e. The van der Waals surface area contributed by atoms with E-state index in [1.165, 1.54) is 0 Å². The van der Waals surface area contributed by atoms with Crippen LogP contribution in [-0.2, 0) is 19.1 Å². The van der Waals surface area contributed by atoms with Crippen LogP contribution in [0.3, 0.4) is 0 Å². The van der Waals surface area contributed by atoms with Gasteiger partial charge in [0.1, 0.15) is 5.25 Å². The molecule has 5 heteroatoms. The van der Waals surface area contributed by atoms with Crippen LogP contribution in [0.15, 0.2) is 0 Å². The molecule has 17 heavy (non-hydrogen) atoms. The molecular formula is C12H22O4S. The van der Waals surface area contributed by atoms with E-state index in [0.29, 0.717) is 0 Å². The summed E-state index contributed by atoms with van der Waals surface area (Å²) in [7, 11) is 0. The number of rotatable bonds is 7. The molecule has 0 aromatic rings. The maximum Gasteiger partial charge on any atom is 0.319 e. The smallest absolute Gasteiger partial charge is 0.319 e. The lowest BCUT2D eigenvalue weighted by molar-refractivity contribution is -0.154. The van der Waals surface area contributed by atoms with Gasteiger partial charge in [-0.25, -0.2) is 0 Å². The number of carbonyl (C=O) groups excluding carboxylic acids is 2. The number of hydrogen-bond acceptors (Lipinski definition) is 5. The Labute approximate surface area is 108 Å². The van der Waals surface area contributed by atoms with E-state index >= 15 is 0 Å². The Morgan fingerprint density at radius 2 is 1.53 bits per heavy atom. The van der Waals surface area contributed by atoms with Gasteiger partial charge in [-0.2, -0.15) is 12.6 Å². The minimum absolute atomic E-state index is 0.0529. The second-order valence-corrected chi connectivity index (χ2v) is 4.71. The number of thiol groups is 1. The quantitative estimate of drug-likeness (QED) is 0.565. The Kier molecular flexibility index (Phi) is 8.04. The maximum absolute atomic E-state index is 11.5. The van der Waals surface area contributed by atoms with Crippen LogP contribution in [0.25, 0.3) is 0 Å². The number of ether oxygens (including phenoxy) is 2. The summed E-state index contributed by atoms with van der Waals surface area (Å²) in [5.41, 5.74) is 0. The third-order valence-corrected chi connectivity index (χ3v) is 2.83. The van der Waals surface area contributed by atoms with E-state index < -0.39 is 17.2 Å². The number of carbonyl (C=O) groups is 2. The Balaban J connectivity index is 4.03. The van der Waals surface area contributed by atoms with Gasteiger partial charge in [-0.3, -0.25) is 9.59 Å². The minimum atomic E-state index is -0.749. The third kappa shape index (κ3) is 7.26. The van der Waals surface area contributed by atoms with E-state index in [1.807, 2.05) is 20.8 Å².